The summed E-state index contributed by atoms with van der Waals surface area (Å²) in [6.45, 7) is 6.68. The van der Waals surface area contributed by atoms with Crippen LogP contribution >= 0.6 is 0 Å². The van der Waals surface area contributed by atoms with Gasteiger partial charge in [-0.05, 0) is 37.5 Å². The van der Waals surface area contributed by atoms with Gasteiger partial charge < -0.3 is 10.6 Å². The van der Waals surface area contributed by atoms with Crippen molar-refractivity contribution in [2.75, 3.05) is 6.54 Å². The minimum Gasteiger partial charge on any atom is -0.336 e. The summed E-state index contributed by atoms with van der Waals surface area (Å²) < 4.78 is 1.42. The molecule has 1 atom stereocenters. The molecule has 0 aliphatic rings. The Bertz CT molecular complexity index is 741. The van der Waals surface area contributed by atoms with E-state index in [0.717, 1.165) is 11.1 Å². The lowest BCUT2D eigenvalue weighted by molar-refractivity contribution is -0.385. The number of nitro groups is 1. The number of carbonyl (C=O) groups excluding carboxylic acids is 1. The van der Waals surface area contributed by atoms with Gasteiger partial charge in [-0.1, -0.05) is 18.2 Å². The number of aromatic nitrogens is 2. The van der Waals surface area contributed by atoms with Crippen LogP contribution in [0.25, 0.3) is 0 Å². The highest BCUT2D eigenvalue weighted by molar-refractivity contribution is 5.74. The lowest BCUT2D eigenvalue weighted by atomic mass is 9.98. The summed E-state index contributed by atoms with van der Waals surface area (Å²) in [6, 6.07) is 5.60. The van der Waals surface area contributed by atoms with Gasteiger partial charge in [-0.3, -0.25) is 14.8 Å². The smallest absolute Gasteiger partial charge is 0.315 e. The zero-order valence-corrected chi connectivity index (χ0v) is 13.9. The Morgan fingerprint density at radius 1 is 1.42 bits per heavy atom. The molecule has 8 heteroatoms. The van der Waals surface area contributed by atoms with E-state index in [9.17, 15) is 14.9 Å². The number of nitrogens with zero attached hydrogens (tertiary/aromatic N) is 3. The number of amides is 2. The number of rotatable bonds is 6. The molecule has 1 aromatic carbocycles. The average Bonchev–Trinajstić information content (AvgIpc) is 2.99. The second kappa shape index (κ2) is 7.58. The van der Waals surface area contributed by atoms with Crippen LogP contribution in [0.15, 0.2) is 30.6 Å². The van der Waals surface area contributed by atoms with Gasteiger partial charge in [0.25, 0.3) is 0 Å². The molecule has 0 unspecified atom stereocenters. The van der Waals surface area contributed by atoms with Crippen molar-refractivity contribution in [2.24, 2.45) is 0 Å². The van der Waals surface area contributed by atoms with Crippen LogP contribution in [0.1, 0.15) is 29.7 Å². The monoisotopic (exact) mass is 331 g/mol. The fraction of sp³-hybridized carbons (Fsp3) is 0.375. The summed E-state index contributed by atoms with van der Waals surface area (Å²) in [6.07, 6.45) is 2.51. The Kier molecular flexibility index (Phi) is 5.51. The fourth-order valence-electron chi connectivity index (χ4n) is 2.42. The maximum absolute atomic E-state index is 12.0. The van der Waals surface area contributed by atoms with Crippen molar-refractivity contribution in [3.8, 4) is 0 Å². The van der Waals surface area contributed by atoms with Crippen molar-refractivity contribution in [3.63, 3.8) is 0 Å². The molecular formula is C16H21N5O3. The van der Waals surface area contributed by atoms with Gasteiger partial charge in [-0.25, -0.2) is 4.79 Å². The third kappa shape index (κ3) is 4.31. The Labute approximate surface area is 140 Å². The van der Waals surface area contributed by atoms with Gasteiger partial charge in [0.15, 0.2) is 0 Å². The number of carbonyl (C=O) groups is 1. The fourth-order valence-corrected chi connectivity index (χ4v) is 2.42. The molecule has 0 saturated carbocycles. The summed E-state index contributed by atoms with van der Waals surface area (Å²) in [5.41, 5.74) is 3.35. The van der Waals surface area contributed by atoms with Gasteiger partial charge in [0, 0.05) is 6.54 Å². The number of benzene rings is 1. The molecule has 0 radical (unpaired) electrons. The van der Waals surface area contributed by atoms with E-state index in [2.05, 4.69) is 15.7 Å². The highest BCUT2D eigenvalue weighted by Crippen LogP contribution is 2.19. The van der Waals surface area contributed by atoms with Crippen LogP contribution in [0.4, 0.5) is 10.5 Å². The molecule has 1 aromatic heterocycles. The third-order valence-corrected chi connectivity index (χ3v) is 3.92. The summed E-state index contributed by atoms with van der Waals surface area (Å²) >= 11 is 0. The summed E-state index contributed by atoms with van der Waals surface area (Å²) in [7, 11) is 0. The maximum Gasteiger partial charge on any atom is 0.315 e. The topological polar surface area (TPSA) is 102 Å². The number of hydrogen-bond acceptors (Lipinski definition) is 4. The molecule has 2 amide bonds. The number of hydrogen-bond donors (Lipinski definition) is 2. The molecule has 0 fully saturated rings. The van der Waals surface area contributed by atoms with E-state index >= 15 is 0 Å². The largest absolute Gasteiger partial charge is 0.336 e. The van der Waals surface area contributed by atoms with Crippen LogP contribution in [-0.4, -0.2) is 27.3 Å². The van der Waals surface area contributed by atoms with Crippen molar-refractivity contribution < 1.29 is 9.72 Å². The van der Waals surface area contributed by atoms with Crippen molar-refractivity contribution in [3.05, 3.63) is 57.4 Å². The first-order valence-electron chi connectivity index (χ1n) is 7.66. The highest BCUT2D eigenvalue weighted by Gasteiger charge is 2.12. The van der Waals surface area contributed by atoms with Gasteiger partial charge >= 0.3 is 11.7 Å². The Balaban J connectivity index is 1.82. The van der Waals surface area contributed by atoms with Crippen molar-refractivity contribution in [1.82, 2.24) is 20.4 Å². The van der Waals surface area contributed by atoms with Crippen LogP contribution in [0, 0.1) is 24.0 Å². The van der Waals surface area contributed by atoms with Gasteiger partial charge in [-0.2, -0.15) is 5.10 Å². The van der Waals surface area contributed by atoms with Gasteiger partial charge in [0.2, 0.25) is 0 Å². The summed E-state index contributed by atoms with van der Waals surface area (Å²) in [4.78, 5) is 22.0. The highest BCUT2D eigenvalue weighted by atomic mass is 16.6. The molecule has 24 heavy (non-hydrogen) atoms. The first-order chi connectivity index (χ1) is 11.4. The second-order valence-corrected chi connectivity index (χ2v) is 5.63. The second-order valence-electron chi connectivity index (χ2n) is 5.63. The van der Waals surface area contributed by atoms with Crippen LogP contribution in [0.2, 0.25) is 0 Å². The predicted octanol–water partition coefficient (Wildman–Crippen LogP) is 2.47. The summed E-state index contributed by atoms with van der Waals surface area (Å²) in [5, 5.41) is 20.1. The SMILES string of the molecule is Cc1cccc([C@H](C)NC(=O)NCCn2cc([N+](=O)[O-])cn2)c1C. The molecule has 0 saturated heterocycles. The molecule has 2 aromatic rings. The van der Waals surface area contributed by atoms with Crippen LogP contribution in [0.3, 0.4) is 0 Å². The van der Waals surface area contributed by atoms with Crippen molar-refractivity contribution in [2.45, 2.75) is 33.4 Å². The normalized spacial score (nSPS) is 11.8. The molecular weight excluding hydrogens is 310 g/mol. The van der Waals surface area contributed by atoms with Gasteiger partial charge in [0.1, 0.15) is 12.4 Å². The minimum absolute atomic E-state index is 0.0667. The zero-order valence-electron chi connectivity index (χ0n) is 13.9. The molecule has 2 rings (SSSR count). The van der Waals surface area contributed by atoms with E-state index in [0.29, 0.717) is 13.1 Å². The quantitative estimate of drug-likeness (QED) is 0.627. The van der Waals surface area contributed by atoms with E-state index in [1.807, 2.05) is 39.0 Å². The lowest BCUT2D eigenvalue weighted by Crippen LogP contribution is -2.38. The van der Waals surface area contributed by atoms with Gasteiger partial charge in [0.05, 0.1) is 17.5 Å². The van der Waals surface area contributed by atoms with Crippen LogP contribution < -0.4 is 10.6 Å². The van der Waals surface area contributed by atoms with E-state index in [1.54, 1.807) is 0 Å². The third-order valence-electron chi connectivity index (χ3n) is 3.92. The Morgan fingerprint density at radius 3 is 2.83 bits per heavy atom. The first kappa shape index (κ1) is 17.5. The predicted molar refractivity (Wildman–Crippen MR) is 89.7 cm³/mol. The van der Waals surface area contributed by atoms with E-state index in [1.165, 1.54) is 22.6 Å². The van der Waals surface area contributed by atoms with Crippen molar-refractivity contribution >= 4 is 11.7 Å². The molecule has 1 heterocycles. The molecule has 128 valence electrons. The molecule has 0 spiro atoms. The zero-order chi connectivity index (χ0) is 17.7. The van der Waals surface area contributed by atoms with Crippen LogP contribution in [0.5, 0.6) is 0 Å². The minimum atomic E-state index is -0.504. The Morgan fingerprint density at radius 2 is 2.17 bits per heavy atom. The van der Waals surface area contributed by atoms with E-state index in [4.69, 9.17) is 0 Å². The molecule has 0 aliphatic heterocycles. The van der Waals surface area contributed by atoms with Crippen LogP contribution in [-0.2, 0) is 6.54 Å². The van der Waals surface area contributed by atoms with E-state index < -0.39 is 4.92 Å². The summed E-state index contributed by atoms with van der Waals surface area (Å²) in [5.74, 6) is 0. The Hall–Kier alpha value is -2.90. The number of nitrogens with one attached hydrogen (secondary N) is 2. The first-order valence-corrected chi connectivity index (χ1v) is 7.66. The molecule has 2 N–H and O–H groups in total. The standard InChI is InChI=1S/C16H21N5O3/c1-11-5-4-6-15(12(11)2)13(3)19-16(22)17-7-8-20-10-14(9-18-20)21(23)24/h4-6,9-10,13H,7-8H2,1-3H3,(H2,17,19,22)/t13-/m0/s1. The molecule has 8 nitrogen and oxygen atoms in total. The lowest BCUT2D eigenvalue weighted by Gasteiger charge is -2.18. The van der Waals surface area contributed by atoms with E-state index in [-0.39, 0.29) is 17.8 Å². The van der Waals surface area contributed by atoms with Gasteiger partial charge in [-0.15, -0.1) is 0 Å². The number of urea groups is 1. The van der Waals surface area contributed by atoms with Crippen molar-refractivity contribution in [1.29, 1.82) is 0 Å². The number of aryl methyl sites for hydroxylation is 1. The molecule has 0 bridgehead atoms. The maximum atomic E-state index is 12.0. The molecule has 0 aliphatic carbocycles. The average molecular weight is 331 g/mol.